The van der Waals surface area contributed by atoms with E-state index in [0.29, 0.717) is 17.1 Å². The van der Waals surface area contributed by atoms with Crippen molar-refractivity contribution in [1.29, 1.82) is 0 Å². The Balaban J connectivity index is 1.92. The zero-order chi connectivity index (χ0) is 22.9. The van der Waals surface area contributed by atoms with Gasteiger partial charge in [-0.15, -0.1) is 0 Å². The molecule has 0 aliphatic carbocycles. The second-order valence-corrected chi connectivity index (χ2v) is 9.95. The zero-order valence-electron chi connectivity index (χ0n) is 17.6. The molecule has 10 heteroatoms. The number of nitrogens with one attached hydrogen (secondary N) is 1. The van der Waals surface area contributed by atoms with Gasteiger partial charge in [-0.05, 0) is 49.7 Å². The van der Waals surface area contributed by atoms with Gasteiger partial charge >= 0.3 is 0 Å². The predicted octanol–water partition coefficient (Wildman–Crippen LogP) is 2.96. The molecule has 0 spiro atoms. The summed E-state index contributed by atoms with van der Waals surface area (Å²) in [7, 11) is -2.02. The molecule has 0 saturated carbocycles. The number of carbonyl (C=O) groups excluding carboxylic acids is 1. The summed E-state index contributed by atoms with van der Waals surface area (Å²) in [5.41, 5.74) is 2.11. The van der Waals surface area contributed by atoms with Crippen molar-refractivity contribution >= 4 is 43.2 Å². The summed E-state index contributed by atoms with van der Waals surface area (Å²) in [5, 5.41) is 2.60. The molecule has 1 heterocycles. The topological polar surface area (TPSA) is 93.4 Å². The van der Waals surface area contributed by atoms with E-state index in [0.717, 1.165) is 20.6 Å². The Labute approximate surface area is 189 Å². The monoisotopic (exact) mass is 506 g/mol. The number of benzene rings is 2. The first kappa shape index (κ1) is 22.8. The number of carbonyl (C=O) groups is 1. The van der Waals surface area contributed by atoms with Gasteiger partial charge in [-0.1, -0.05) is 34.1 Å². The minimum Gasteiger partial charge on any atom is -0.318 e. The van der Waals surface area contributed by atoms with Crippen LogP contribution in [0, 0.1) is 13.8 Å². The largest absolute Gasteiger partial charge is 0.318 e. The highest BCUT2D eigenvalue weighted by Crippen LogP contribution is 2.24. The van der Waals surface area contributed by atoms with Crippen LogP contribution in [0.3, 0.4) is 0 Å². The van der Waals surface area contributed by atoms with Gasteiger partial charge in [-0.25, -0.2) is 13.1 Å². The summed E-state index contributed by atoms with van der Waals surface area (Å²) in [6, 6.07) is 14.0. The van der Waals surface area contributed by atoms with Gasteiger partial charge in [0.05, 0.1) is 23.3 Å². The van der Waals surface area contributed by atoms with Gasteiger partial charge < -0.3 is 5.32 Å². The Morgan fingerprint density at radius 1 is 1.13 bits per heavy atom. The van der Waals surface area contributed by atoms with Crippen LogP contribution in [0.4, 0.5) is 11.4 Å². The molecular weight excluding hydrogens is 484 g/mol. The summed E-state index contributed by atoms with van der Waals surface area (Å²) in [5.74, 6) is -0.614. The highest BCUT2D eigenvalue weighted by Gasteiger charge is 2.24. The normalized spacial score (nSPS) is 11.4. The van der Waals surface area contributed by atoms with E-state index in [9.17, 15) is 18.0 Å². The maximum atomic E-state index is 13.0. The van der Waals surface area contributed by atoms with Crippen molar-refractivity contribution in [3.63, 3.8) is 0 Å². The molecule has 31 heavy (non-hydrogen) atoms. The number of aryl methyl sites for hydroxylation is 1. The minimum atomic E-state index is -3.73. The van der Waals surface area contributed by atoms with Crippen LogP contribution in [-0.4, -0.2) is 36.5 Å². The van der Waals surface area contributed by atoms with E-state index in [1.54, 1.807) is 49.0 Å². The van der Waals surface area contributed by atoms with Crippen molar-refractivity contribution in [3.05, 3.63) is 74.6 Å². The number of sulfonamides is 1. The van der Waals surface area contributed by atoms with Crippen LogP contribution < -0.4 is 15.2 Å². The highest BCUT2D eigenvalue weighted by atomic mass is 79.9. The predicted molar refractivity (Wildman–Crippen MR) is 125 cm³/mol. The summed E-state index contributed by atoms with van der Waals surface area (Å²) in [6.45, 7) is 3.08. The maximum Gasteiger partial charge on any atom is 0.295 e. The first-order chi connectivity index (χ1) is 14.5. The lowest BCUT2D eigenvalue weighted by atomic mass is 10.2. The summed E-state index contributed by atoms with van der Waals surface area (Å²) in [4.78, 5) is 25.7. The van der Waals surface area contributed by atoms with E-state index >= 15 is 0 Å². The molecule has 0 aliphatic rings. The van der Waals surface area contributed by atoms with E-state index < -0.39 is 28.0 Å². The molecule has 0 fully saturated rings. The molecule has 164 valence electrons. The van der Waals surface area contributed by atoms with Gasteiger partial charge in [0, 0.05) is 11.5 Å². The van der Waals surface area contributed by atoms with Crippen LogP contribution >= 0.6 is 15.9 Å². The summed E-state index contributed by atoms with van der Waals surface area (Å²) in [6.07, 6.45) is 1.04. The Morgan fingerprint density at radius 3 is 2.35 bits per heavy atom. The molecule has 0 saturated heterocycles. The number of para-hydroxylation sites is 1. The number of halogens is 1. The molecule has 1 aromatic heterocycles. The van der Waals surface area contributed by atoms with Crippen LogP contribution in [0.1, 0.15) is 11.3 Å². The Kier molecular flexibility index (Phi) is 6.42. The average molecular weight is 507 g/mol. The lowest BCUT2D eigenvalue weighted by molar-refractivity contribution is -0.114. The van der Waals surface area contributed by atoms with Crippen LogP contribution in [0.2, 0.25) is 0 Å². The molecule has 3 rings (SSSR count). The molecule has 0 unspecified atom stereocenters. The Morgan fingerprint density at radius 2 is 1.77 bits per heavy atom. The van der Waals surface area contributed by atoms with E-state index in [4.69, 9.17) is 0 Å². The second-order valence-electron chi connectivity index (χ2n) is 7.19. The maximum absolute atomic E-state index is 13.0. The fourth-order valence-electron chi connectivity index (χ4n) is 3.21. The molecule has 0 radical (unpaired) electrons. The van der Waals surface area contributed by atoms with E-state index in [-0.39, 0.29) is 5.69 Å². The fraction of sp³-hybridized carbons (Fsp3) is 0.238. The molecule has 1 amide bonds. The van der Waals surface area contributed by atoms with Crippen LogP contribution in [-0.2, 0) is 21.9 Å². The molecule has 1 N–H and O–H groups in total. The molecule has 0 atom stereocenters. The average Bonchev–Trinajstić information content (AvgIpc) is 2.91. The van der Waals surface area contributed by atoms with Crippen molar-refractivity contribution in [2.45, 2.75) is 13.8 Å². The summed E-state index contributed by atoms with van der Waals surface area (Å²) < 4.78 is 29.6. The zero-order valence-corrected chi connectivity index (χ0v) is 20.0. The number of aromatic nitrogens is 2. The second kappa shape index (κ2) is 8.72. The Hall–Kier alpha value is -2.85. The molecule has 0 bridgehead atoms. The number of hydrogen-bond acceptors (Lipinski definition) is 4. The SMILES string of the molecule is Cc1cc(N(CC(=O)Nc2c(C)n(C)n(-c3ccccc3)c2=O)S(C)(=O)=O)ccc1Br. The van der Waals surface area contributed by atoms with Gasteiger partial charge in [0.2, 0.25) is 15.9 Å². The number of hydrogen-bond donors (Lipinski definition) is 1. The van der Waals surface area contributed by atoms with Crippen molar-refractivity contribution in [3.8, 4) is 5.69 Å². The van der Waals surface area contributed by atoms with Gasteiger partial charge in [0.1, 0.15) is 12.2 Å². The van der Waals surface area contributed by atoms with Gasteiger partial charge in [0.25, 0.3) is 5.56 Å². The van der Waals surface area contributed by atoms with Crippen LogP contribution in [0.25, 0.3) is 5.69 Å². The molecule has 3 aromatic rings. The molecule has 0 aliphatic heterocycles. The van der Waals surface area contributed by atoms with Crippen LogP contribution in [0.15, 0.2) is 57.8 Å². The molecule has 2 aromatic carbocycles. The smallest absolute Gasteiger partial charge is 0.295 e. The number of amides is 1. The first-order valence-electron chi connectivity index (χ1n) is 9.38. The van der Waals surface area contributed by atoms with Gasteiger partial charge in [0.15, 0.2) is 0 Å². The van der Waals surface area contributed by atoms with E-state index in [1.165, 1.54) is 4.68 Å². The molecule has 8 nitrogen and oxygen atoms in total. The third kappa shape index (κ3) is 4.75. The van der Waals surface area contributed by atoms with E-state index in [2.05, 4.69) is 21.2 Å². The van der Waals surface area contributed by atoms with Gasteiger partial charge in [-0.2, -0.15) is 0 Å². The number of nitrogens with zero attached hydrogens (tertiary/aromatic N) is 3. The van der Waals surface area contributed by atoms with Crippen molar-refractivity contribution in [1.82, 2.24) is 9.36 Å². The van der Waals surface area contributed by atoms with Gasteiger partial charge in [-0.3, -0.25) is 18.6 Å². The van der Waals surface area contributed by atoms with Crippen molar-refractivity contribution < 1.29 is 13.2 Å². The lowest BCUT2D eigenvalue weighted by Crippen LogP contribution is -2.38. The Bertz CT molecular complexity index is 1300. The number of anilines is 2. The number of rotatable bonds is 6. The quantitative estimate of drug-likeness (QED) is 0.555. The third-order valence-corrected chi connectivity index (χ3v) is 6.97. The van der Waals surface area contributed by atoms with Crippen molar-refractivity contribution in [2.75, 3.05) is 22.4 Å². The first-order valence-corrected chi connectivity index (χ1v) is 12.0. The van der Waals surface area contributed by atoms with Crippen molar-refractivity contribution in [2.24, 2.45) is 7.05 Å². The lowest BCUT2D eigenvalue weighted by Gasteiger charge is -2.22. The summed E-state index contributed by atoms with van der Waals surface area (Å²) >= 11 is 3.38. The van der Waals surface area contributed by atoms with Crippen LogP contribution in [0.5, 0.6) is 0 Å². The molecular formula is C21H23BrN4O4S. The third-order valence-electron chi connectivity index (χ3n) is 4.94. The minimum absolute atomic E-state index is 0.108. The van der Waals surface area contributed by atoms with E-state index in [1.807, 2.05) is 25.1 Å². The highest BCUT2D eigenvalue weighted by molar-refractivity contribution is 9.10. The fourth-order valence-corrected chi connectivity index (χ4v) is 4.30. The standard InChI is InChI=1S/C21H23BrN4O4S/c1-14-12-17(10-11-18(14)22)25(31(4,29)30)13-19(27)23-20-15(2)24(3)26(21(20)28)16-8-6-5-7-9-16/h5-12H,13H2,1-4H3,(H,23,27).